The van der Waals surface area contributed by atoms with E-state index < -0.39 is 24.0 Å². The van der Waals surface area contributed by atoms with Gasteiger partial charge >= 0.3 is 0 Å². The highest BCUT2D eigenvalue weighted by Gasteiger charge is 2.29. The molecule has 222 valence electrons. The Morgan fingerprint density at radius 3 is 2.46 bits per heavy atom. The van der Waals surface area contributed by atoms with Crippen molar-refractivity contribution in [1.29, 1.82) is 0 Å². The van der Waals surface area contributed by atoms with E-state index in [0.717, 1.165) is 5.56 Å². The zero-order valence-corrected chi connectivity index (χ0v) is 24.9. The summed E-state index contributed by atoms with van der Waals surface area (Å²) in [6.07, 6.45) is 1.81. The van der Waals surface area contributed by atoms with Crippen molar-refractivity contribution in [3.8, 4) is 0 Å². The number of amides is 5. The van der Waals surface area contributed by atoms with Crippen LogP contribution in [0.25, 0.3) is 0 Å². The Kier molecular flexibility index (Phi) is 11.8. The van der Waals surface area contributed by atoms with Crippen LogP contribution in [0, 0.1) is 5.92 Å². The Morgan fingerprint density at radius 2 is 1.78 bits per heavy atom. The van der Waals surface area contributed by atoms with Gasteiger partial charge in [-0.1, -0.05) is 44.2 Å². The molecule has 3 atom stereocenters. The lowest BCUT2D eigenvalue weighted by atomic mass is 10.0. The van der Waals surface area contributed by atoms with Gasteiger partial charge in [0, 0.05) is 45.3 Å². The topological polar surface area (TPSA) is 150 Å². The van der Waals surface area contributed by atoms with Crippen molar-refractivity contribution in [2.24, 2.45) is 5.92 Å². The molecule has 0 unspecified atom stereocenters. The maximum Gasteiger partial charge on any atom is 0.271 e. The van der Waals surface area contributed by atoms with E-state index in [9.17, 15) is 24.0 Å². The highest BCUT2D eigenvalue weighted by Crippen LogP contribution is 2.26. The minimum atomic E-state index is -0.824. The predicted molar refractivity (Wildman–Crippen MR) is 156 cm³/mol. The summed E-state index contributed by atoms with van der Waals surface area (Å²) in [7, 11) is 3.25. The molecular formula is C29H40N6O5S. The number of carbonyl (C=O) groups is 5. The lowest BCUT2D eigenvalue weighted by molar-refractivity contribution is -0.133. The molecule has 1 aliphatic rings. The van der Waals surface area contributed by atoms with Gasteiger partial charge in [-0.05, 0) is 30.7 Å². The molecule has 11 nitrogen and oxygen atoms in total. The van der Waals surface area contributed by atoms with Gasteiger partial charge in [0.25, 0.3) is 5.91 Å². The molecule has 2 heterocycles. The molecule has 1 aromatic heterocycles. The average molecular weight is 585 g/mol. The van der Waals surface area contributed by atoms with Crippen molar-refractivity contribution in [1.82, 2.24) is 31.2 Å². The highest BCUT2D eigenvalue weighted by molar-refractivity contribution is 7.09. The summed E-state index contributed by atoms with van der Waals surface area (Å²) < 4.78 is 0. The smallest absolute Gasteiger partial charge is 0.271 e. The minimum Gasteiger partial charge on any atom is -0.354 e. The predicted octanol–water partition coefficient (Wildman–Crippen LogP) is 1.95. The first-order valence-corrected chi connectivity index (χ1v) is 14.8. The Bertz CT molecular complexity index is 1220. The van der Waals surface area contributed by atoms with Crippen LogP contribution in [0.1, 0.15) is 73.1 Å². The quantitative estimate of drug-likeness (QED) is 0.391. The summed E-state index contributed by atoms with van der Waals surface area (Å²) in [6, 6.07) is 7.36. The zero-order chi connectivity index (χ0) is 29.9. The molecule has 4 N–H and O–H groups in total. The van der Waals surface area contributed by atoms with Crippen LogP contribution in [-0.4, -0.2) is 72.1 Å². The summed E-state index contributed by atoms with van der Waals surface area (Å²) in [6.45, 7) is 4.21. The summed E-state index contributed by atoms with van der Waals surface area (Å²) in [5.74, 6) is -1.75. The van der Waals surface area contributed by atoms with Gasteiger partial charge in [0.1, 0.15) is 22.8 Å². The van der Waals surface area contributed by atoms with Crippen LogP contribution >= 0.6 is 11.3 Å². The highest BCUT2D eigenvalue weighted by atomic mass is 32.1. The van der Waals surface area contributed by atoms with Crippen LogP contribution in [0.15, 0.2) is 35.7 Å². The molecule has 5 amide bonds. The fourth-order valence-electron chi connectivity index (χ4n) is 4.38. The number of thiazole rings is 1. The van der Waals surface area contributed by atoms with Crippen LogP contribution in [0.3, 0.4) is 0 Å². The molecule has 0 saturated heterocycles. The second kappa shape index (κ2) is 15.3. The van der Waals surface area contributed by atoms with Gasteiger partial charge in [0.05, 0.1) is 6.04 Å². The number of hydrogen-bond donors (Lipinski definition) is 4. The standard InChI is InChI=1S/C29H40N6O5S/c1-18(2)25-29-33-22(17-41-29)28(40)32-21(16-19-10-6-5-7-11-19)26(38)30-15-9-8-12-20(27(39)34-25)31-23(36)13-14-24(37)35(3)4/h5-7,10-11,17-18,20-21,25H,8-9,12-16H2,1-4H3,(H,30,38)(H,31,36)(H,32,40)(H,34,39)/t20-,21+,25+/m0/s1. The summed E-state index contributed by atoms with van der Waals surface area (Å²) in [5.41, 5.74) is 1.08. The van der Waals surface area contributed by atoms with Crippen LogP contribution in [0.5, 0.6) is 0 Å². The maximum absolute atomic E-state index is 13.4. The number of benzene rings is 1. The number of rotatable bonds is 7. The number of carbonyl (C=O) groups excluding carboxylic acids is 5. The lowest BCUT2D eigenvalue weighted by Gasteiger charge is -2.25. The summed E-state index contributed by atoms with van der Waals surface area (Å²) in [5, 5.41) is 13.7. The number of hydrogen-bond acceptors (Lipinski definition) is 7. The normalized spacial score (nSPS) is 20.5. The molecule has 2 aromatic rings. The zero-order valence-electron chi connectivity index (χ0n) is 24.1. The lowest BCUT2D eigenvalue weighted by Crippen LogP contribution is -2.49. The fraction of sp³-hybridized carbons (Fsp3) is 0.517. The van der Waals surface area contributed by atoms with Gasteiger partial charge in [-0.25, -0.2) is 4.98 Å². The summed E-state index contributed by atoms with van der Waals surface area (Å²) in [4.78, 5) is 70.1. The Hall–Kier alpha value is -3.80. The van der Waals surface area contributed by atoms with Crippen LogP contribution in [-0.2, 0) is 25.6 Å². The Morgan fingerprint density at radius 1 is 1.05 bits per heavy atom. The number of nitrogens with zero attached hydrogens (tertiary/aromatic N) is 2. The first kappa shape index (κ1) is 31.7. The monoisotopic (exact) mass is 584 g/mol. The first-order chi connectivity index (χ1) is 19.5. The van der Waals surface area contributed by atoms with Gasteiger partial charge in [0.2, 0.25) is 23.6 Å². The second-order valence-corrected chi connectivity index (χ2v) is 11.6. The number of aromatic nitrogens is 1. The van der Waals surface area contributed by atoms with Crippen molar-refractivity contribution in [2.45, 2.75) is 70.5 Å². The third kappa shape index (κ3) is 9.66. The van der Waals surface area contributed by atoms with E-state index in [-0.39, 0.29) is 48.1 Å². The van der Waals surface area contributed by atoms with Crippen LogP contribution in [0.2, 0.25) is 0 Å². The van der Waals surface area contributed by atoms with Gasteiger partial charge < -0.3 is 26.2 Å². The largest absolute Gasteiger partial charge is 0.354 e. The van der Waals surface area contributed by atoms with Gasteiger partial charge in [-0.15, -0.1) is 11.3 Å². The van der Waals surface area contributed by atoms with Crippen molar-refractivity contribution in [3.63, 3.8) is 0 Å². The molecule has 12 heteroatoms. The SMILES string of the molecule is CC(C)[C@H]1NC(=O)[C@@H](NC(=O)CCC(=O)N(C)C)CCCCNC(=O)[C@@H](Cc2ccccc2)NC(=O)c2csc1n2. The second-order valence-electron chi connectivity index (χ2n) is 10.7. The molecule has 3 rings (SSSR count). The molecular weight excluding hydrogens is 544 g/mol. The van der Waals surface area contributed by atoms with E-state index in [4.69, 9.17) is 0 Å². The van der Waals surface area contributed by atoms with Crippen LogP contribution < -0.4 is 21.3 Å². The van der Waals surface area contributed by atoms with Crippen LogP contribution in [0.4, 0.5) is 0 Å². The van der Waals surface area contributed by atoms with E-state index in [1.165, 1.54) is 16.2 Å². The minimum absolute atomic E-state index is 0.0295. The summed E-state index contributed by atoms with van der Waals surface area (Å²) >= 11 is 1.25. The van der Waals surface area contributed by atoms with Gasteiger partial charge in [-0.3, -0.25) is 24.0 Å². The van der Waals surface area contributed by atoms with Crippen molar-refractivity contribution in [2.75, 3.05) is 20.6 Å². The molecule has 0 radical (unpaired) electrons. The molecule has 0 aliphatic carbocycles. The Labute approximate surface area is 244 Å². The number of nitrogens with one attached hydrogen (secondary N) is 4. The third-order valence-corrected chi connectivity index (χ3v) is 7.75. The first-order valence-electron chi connectivity index (χ1n) is 13.9. The number of fused-ring (bicyclic) bond motifs is 2. The van der Waals surface area contributed by atoms with E-state index in [2.05, 4.69) is 26.3 Å². The molecule has 0 saturated carbocycles. The van der Waals surface area contributed by atoms with Crippen molar-refractivity contribution >= 4 is 40.9 Å². The molecule has 1 aliphatic heterocycles. The fourth-order valence-corrected chi connectivity index (χ4v) is 5.40. The van der Waals surface area contributed by atoms with E-state index in [0.29, 0.717) is 37.2 Å². The third-order valence-electron chi connectivity index (χ3n) is 6.82. The maximum atomic E-state index is 13.4. The molecule has 0 spiro atoms. The van der Waals surface area contributed by atoms with Gasteiger partial charge in [-0.2, -0.15) is 0 Å². The van der Waals surface area contributed by atoms with Crippen molar-refractivity contribution in [3.05, 3.63) is 52.0 Å². The molecule has 0 fully saturated rings. The average Bonchev–Trinajstić information content (AvgIpc) is 3.43. The van der Waals surface area contributed by atoms with E-state index in [1.54, 1.807) is 19.5 Å². The Balaban J connectivity index is 1.81. The molecule has 2 bridgehead atoms. The van der Waals surface area contributed by atoms with Crippen molar-refractivity contribution < 1.29 is 24.0 Å². The van der Waals surface area contributed by atoms with E-state index >= 15 is 0 Å². The van der Waals surface area contributed by atoms with E-state index in [1.807, 2.05) is 44.2 Å². The molecule has 41 heavy (non-hydrogen) atoms. The van der Waals surface area contributed by atoms with Gasteiger partial charge in [0.15, 0.2) is 0 Å². The molecule has 1 aromatic carbocycles.